The van der Waals surface area contributed by atoms with Crippen LogP contribution in [0.4, 0.5) is 22.7 Å². The zero-order valence-electron chi connectivity index (χ0n) is 34.1. The average molecular weight is 783 g/mol. The van der Waals surface area contributed by atoms with Crippen LogP contribution in [0, 0.1) is 27.7 Å². The summed E-state index contributed by atoms with van der Waals surface area (Å²) in [7, 11) is 0. The summed E-state index contributed by atoms with van der Waals surface area (Å²) in [6.45, 7) is 7.91. The second kappa shape index (κ2) is 15.8. The summed E-state index contributed by atoms with van der Waals surface area (Å²) in [5.74, 6) is 0.236. The van der Waals surface area contributed by atoms with Crippen LogP contribution in [-0.2, 0) is 0 Å². The third kappa shape index (κ3) is 7.61. The summed E-state index contributed by atoms with van der Waals surface area (Å²) < 4.78 is 4.22. The van der Waals surface area contributed by atoms with Gasteiger partial charge in [-0.25, -0.2) is 9.97 Å². The predicted octanol–water partition coefficient (Wildman–Crippen LogP) is 9.00. The molecule has 8 aromatic rings. The number of hydrogen-bond donors (Lipinski definition) is 4. The maximum Gasteiger partial charge on any atom is 0.239 e. The minimum Gasteiger partial charge on any atom is -0.398 e. The van der Waals surface area contributed by atoms with Crippen molar-refractivity contribution in [2.45, 2.75) is 72.6 Å². The molecular weight excluding hydrogens is 733 g/mol. The molecule has 0 bridgehead atoms. The molecule has 0 atom stereocenters. The largest absolute Gasteiger partial charge is 0.398 e. The van der Waals surface area contributed by atoms with Gasteiger partial charge in [0.1, 0.15) is 22.1 Å². The lowest BCUT2D eigenvalue weighted by atomic mass is 10.0. The van der Waals surface area contributed by atoms with Crippen molar-refractivity contribution in [1.82, 2.24) is 9.97 Å². The molecule has 8 rings (SSSR count). The third-order valence-corrected chi connectivity index (χ3v) is 11.6. The van der Waals surface area contributed by atoms with Gasteiger partial charge in [0.2, 0.25) is 33.4 Å². The first kappa shape index (κ1) is 38.9. The molecule has 6 aromatic carbocycles. The van der Waals surface area contributed by atoms with Crippen LogP contribution < -0.4 is 32.1 Å². The summed E-state index contributed by atoms with van der Waals surface area (Å²) >= 11 is 0. The Labute approximate surface area is 343 Å². The second-order valence-corrected chi connectivity index (χ2v) is 15.9. The van der Waals surface area contributed by atoms with E-state index >= 15 is 0 Å². The molecule has 2 aromatic heterocycles. The van der Waals surface area contributed by atoms with Gasteiger partial charge in [-0.2, -0.15) is 0 Å². The number of benzene rings is 6. The number of carbonyl (C=O) groups excluding carboxylic acids is 2. The van der Waals surface area contributed by atoms with Crippen molar-refractivity contribution < 1.29 is 18.7 Å². The Balaban J connectivity index is 0.862. The number of fused-ring (bicyclic) bond motifs is 4. The van der Waals surface area contributed by atoms with E-state index in [1.54, 1.807) is 0 Å². The van der Waals surface area contributed by atoms with Crippen LogP contribution in [-0.4, -0.2) is 21.5 Å². The highest BCUT2D eigenvalue weighted by atomic mass is 16.1. The first-order valence-corrected chi connectivity index (χ1v) is 20.3. The minimum atomic E-state index is 0.118. The highest BCUT2D eigenvalue weighted by Crippen LogP contribution is 2.27. The molecule has 0 aliphatic heterocycles. The van der Waals surface area contributed by atoms with E-state index in [-0.39, 0.29) is 11.6 Å². The van der Waals surface area contributed by atoms with E-state index in [4.69, 9.17) is 32.9 Å². The molecule has 0 saturated heterocycles. The van der Waals surface area contributed by atoms with Crippen molar-refractivity contribution in [2.24, 2.45) is 0 Å². The van der Waals surface area contributed by atoms with Crippen molar-refractivity contribution in [1.29, 1.82) is 0 Å². The smallest absolute Gasteiger partial charge is 0.239 e. The lowest BCUT2D eigenvalue weighted by Gasteiger charge is -2.09. The molecule has 0 saturated carbocycles. The number of anilines is 4. The minimum absolute atomic E-state index is 0.118. The van der Waals surface area contributed by atoms with Crippen LogP contribution in [0.5, 0.6) is 0 Å². The fourth-order valence-corrected chi connectivity index (χ4v) is 7.92. The molecule has 0 aliphatic rings. The predicted molar refractivity (Wildman–Crippen MR) is 239 cm³/mol. The van der Waals surface area contributed by atoms with Crippen LogP contribution >= 0.6 is 0 Å². The molecule has 10 heteroatoms. The second-order valence-electron chi connectivity index (χ2n) is 15.9. The van der Waals surface area contributed by atoms with Crippen LogP contribution in [0.15, 0.2) is 97.1 Å². The van der Waals surface area contributed by atoms with E-state index in [0.29, 0.717) is 46.7 Å². The first-order chi connectivity index (χ1) is 28.4. The Morgan fingerprint density at radius 3 is 0.983 bits per heavy atom. The SMILES string of the molecule is Cc1cc2nc3cc(C)c(N)cc3[n+](-c3ccc(C(=O)CCCCCCCC(=O)c4ccc(-[n+]5c6cc(N)c(C)cc6nc6cc(C)c(N)cc65)cc4)cc3)c2cc1N. The number of aromatic nitrogens is 4. The van der Waals surface area contributed by atoms with Crippen molar-refractivity contribution in [2.75, 3.05) is 22.9 Å². The Kier molecular flexibility index (Phi) is 10.4. The standard InChI is InChI=1S/C49H48N8O2/c1-28-20-40-44(24-36(28)50)56(45-25-37(51)29(2)21-41(45)54-40)34-16-12-32(13-17-34)48(58)10-8-6-5-7-9-11-49(59)33-14-18-35(19-15-33)57-46-26-38(52)30(3)22-42(46)55-43-23-31(4)39(53)27-47(43)57/h12-27H,5-11H2,1-4H3,(H6,50,51,52,53)/p+2. The molecule has 0 fully saturated rings. The molecule has 296 valence electrons. The lowest BCUT2D eigenvalue weighted by molar-refractivity contribution is -0.538. The van der Waals surface area contributed by atoms with E-state index in [1.165, 1.54) is 0 Å². The lowest BCUT2D eigenvalue weighted by Crippen LogP contribution is -2.33. The van der Waals surface area contributed by atoms with Crippen LogP contribution in [0.2, 0.25) is 0 Å². The number of unbranched alkanes of at least 4 members (excludes halogenated alkanes) is 4. The number of carbonyl (C=O) groups is 2. The van der Waals surface area contributed by atoms with Gasteiger partial charge in [0.05, 0.1) is 0 Å². The van der Waals surface area contributed by atoms with Gasteiger partial charge < -0.3 is 22.9 Å². The van der Waals surface area contributed by atoms with Gasteiger partial charge in [-0.05, 0) is 111 Å². The molecule has 0 unspecified atom stereocenters. The summed E-state index contributed by atoms with van der Waals surface area (Å²) in [5, 5.41) is 0. The Morgan fingerprint density at radius 2 is 0.695 bits per heavy atom. The number of rotatable bonds is 12. The molecule has 59 heavy (non-hydrogen) atoms. The fourth-order valence-electron chi connectivity index (χ4n) is 7.92. The van der Waals surface area contributed by atoms with Gasteiger partial charge in [0.15, 0.2) is 11.6 Å². The van der Waals surface area contributed by atoms with E-state index in [9.17, 15) is 9.59 Å². The topological polar surface area (TPSA) is 172 Å². The summed E-state index contributed by atoms with van der Waals surface area (Å²) in [4.78, 5) is 36.3. The maximum absolute atomic E-state index is 13.2. The summed E-state index contributed by atoms with van der Waals surface area (Å²) in [6, 6.07) is 31.2. The Morgan fingerprint density at radius 1 is 0.424 bits per heavy atom. The quantitative estimate of drug-likeness (QED) is 0.0313. The Hall–Kier alpha value is -6.94. The average Bonchev–Trinajstić information content (AvgIpc) is 3.21. The molecule has 8 N–H and O–H groups in total. The van der Waals surface area contributed by atoms with Gasteiger partial charge in [-0.1, -0.05) is 19.3 Å². The molecular formula is C49H50N8O2+2. The molecule has 0 radical (unpaired) electrons. The van der Waals surface area contributed by atoms with Crippen LogP contribution in [0.3, 0.4) is 0 Å². The monoisotopic (exact) mass is 782 g/mol. The number of Topliss-reactive ketones (excluding diaryl/α,β-unsaturated/α-hetero) is 2. The fraction of sp³-hybridized carbons (Fsp3) is 0.224. The Bertz CT molecular complexity index is 2640. The van der Waals surface area contributed by atoms with Gasteiger partial charge in [0.25, 0.3) is 0 Å². The third-order valence-electron chi connectivity index (χ3n) is 11.6. The molecule has 0 aliphatic carbocycles. The highest BCUT2D eigenvalue weighted by Gasteiger charge is 2.24. The zero-order valence-corrected chi connectivity index (χ0v) is 34.1. The molecule has 0 amide bonds. The van der Waals surface area contributed by atoms with Gasteiger partial charge in [0, 0.05) is 95.2 Å². The number of nitrogen functional groups attached to an aromatic ring is 4. The number of hydrogen-bond acceptors (Lipinski definition) is 8. The van der Waals surface area contributed by atoms with Crippen molar-refractivity contribution in [3.05, 3.63) is 130 Å². The molecule has 0 spiro atoms. The molecule has 2 heterocycles. The number of aryl methyl sites for hydroxylation is 4. The van der Waals surface area contributed by atoms with Gasteiger partial charge in [-0.3, -0.25) is 9.59 Å². The number of nitrogens with two attached hydrogens (primary N) is 4. The van der Waals surface area contributed by atoms with Gasteiger partial charge >= 0.3 is 0 Å². The number of ketones is 2. The number of nitrogens with zero attached hydrogens (tertiary/aromatic N) is 4. The summed E-state index contributed by atoms with van der Waals surface area (Å²) in [6.07, 6.45) is 5.37. The zero-order chi connectivity index (χ0) is 41.5. The highest BCUT2D eigenvalue weighted by molar-refractivity contribution is 5.97. The van der Waals surface area contributed by atoms with Crippen molar-refractivity contribution in [3.8, 4) is 11.4 Å². The van der Waals surface area contributed by atoms with E-state index < -0.39 is 0 Å². The van der Waals surface area contributed by atoms with Crippen LogP contribution in [0.25, 0.3) is 55.5 Å². The van der Waals surface area contributed by atoms with Crippen molar-refractivity contribution in [3.63, 3.8) is 0 Å². The first-order valence-electron chi connectivity index (χ1n) is 20.3. The van der Waals surface area contributed by atoms with E-state index in [0.717, 1.165) is 110 Å². The van der Waals surface area contributed by atoms with E-state index in [2.05, 4.69) is 9.13 Å². The maximum atomic E-state index is 13.2. The van der Waals surface area contributed by atoms with Gasteiger partial charge in [-0.15, -0.1) is 9.13 Å². The van der Waals surface area contributed by atoms with Crippen molar-refractivity contribution >= 4 is 78.4 Å². The van der Waals surface area contributed by atoms with Crippen LogP contribution in [0.1, 0.15) is 87.9 Å². The molecule has 10 nitrogen and oxygen atoms in total. The summed E-state index contributed by atoms with van der Waals surface area (Å²) in [5.41, 5.74) is 41.9. The normalized spacial score (nSPS) is 11.6. The van der Waals surface area contributed by atoms with E-state index in [1.807, 2.05) is 125 Å².